The van der Waals surface area contributed by atoms with Gasteiger partial charge in [-0.25, -0.2) is 4.98 Å². The number of nitrogens with two attached hydrogens (primary N) is 1. The van der Waals surface area contributed by atoms with Crippen LogP contribution < -0.4 is 11.1 Å². The Morgan fingerprint density at radius 1 is 1.56 bits per heavy atom. The molecule has 0 bridgehead atoms. The van der Waals surface area contributed by atoms with Crippen LogP contribution in [0.25, 0.3) is 0 Å². The summed E-state index contributed by atoms with van der Waals surface area (Å²) in [6, 6.07) is 0. The highest BCUT2D eigenvalue weighted by molar-refractivity contribution is 5.57. The van der Waals surface area contributed by atoms with Crippen molar-refractivity contribution in [3.63, 3.8) is 0 Å². The second kappa shape index (κ2) is 4.73. The third-order valence-corrected chi connectivity index (χ3v) is 3.00. The van der Waals surface area contributed by atoms with E-state index in [4.69, 9.17) is 10.5 Å². The molecule has 0 saturated carbocycles. The number of nitrogens with zero attached hydrogens (tertiary/aromatic N) is 3. The summed E-state index contributed by atoms with van der Waals surface area (Å²) in [5.41, 5.74) is 5.02. The van der Waals surface area contributed by atoms with Crippen LogP contribution in [0.3, 0.4) is 0 Å². The highest BCUT2D eigenvalue weighted by atomic mass is 16.6. The molecule has 3 N–H and O–H groups in total. The van der Waals surface area contributed by atoms with Crippen molar-refractivity contribution in [3.05, 3.63) is 16.3 Å². The van der Waals surface area contributed by atoms with Gasteiger partial charge >= 0.3 is 5.69 Å². The van der Waals surface area contributed by atoms with Gasteiger partial charge in [0.1, 0.15) is 6.20 Å². The van der Waals surface area contributed by atoms with Gasteiger partial charge in [-0.15, -0.1) is 0 Å². The molecular weight excluding hydrogens is 238 g/mol. The van der Waals surface area contributed by atoms with E-state index in [-0.39, 0.29) is 23.0 Å². The van der Waals surface area contributed by atoms with Crippen LogP contribution in [-0.4, -0.2) is 33.6 Å². The molecule has 1 aromatic rings. The number of ether oxygens (including phenoxy) is 1. The van der Waals surface area contributed by atoms with Crippen molar-refractivity contribution in [1.29, 1.82) is 0 Å². The molecule has 1 saturated heterocycles. The van der Waals surface area contributed by atoms with Crippen LogP contribution in [0.1, 0.15) is 19.8 Å². The molecule has 8 heteroatoms. The molecule has 98 valence electrons. The second-order valence-electron chi connectivity index (χ2n) is 4.52. The number of nitrogen functional groups attached to an aromatic ring is 1. The van der Waals surface area contributed by atoms with E-state index < -0.39 is 4.92 Å². The fraction of sp³-hybridized carbons (Fsp3) is 0.600. The number of nitrogens with one attached hydrogen (secondary N) is 1. The van der Waals surface area contributed by atoms with Crippen LogP contribution >= 0.6 is 0 Å². The lowest BCUT2D eigenvalue weighted by Crippen LogP contribution is -2.41. The SMILES string of the molecule is CC1(Nc2nc(N)ncc2[N+](=O)[O-])CCOCC1. The van der Waals surface area contributed by atoms with Crippen molar-refractivity contribution in [1.82, 2.24) is 9.97 Å². The molecule has 0 radical (unpaired) electrons. The summed E-state index contributed by atoms with van der Waals surface area (Å²) >= 11 is 0. The van der Waals surface area contributed by atoms with Crippen LogP contribution in [0.2, 0.25) is 0 Å². The molecule has 1 aliphatic rings. The van der Waals surface area contributed by atoms with Crippen LogP contribution in [0.5, 0.6) is 0 Å². The Balaban J connectivity index is 2.26. The van der Waals surface area contributed by atoms with Crippen molar-refractivity contribution < 1.29 is 9.66 Å². The van der Waals surface area contributed by atoms with Gasteiger partial charge < -0.3 is 15.8 Å². The minimum absolute atomic E-state index is 0.0127. The van der Waals surface area contributed by atoms with Gasteiger partial charge in [-0.1, -0.05) is 0 Å². The zero-order valence-corrected chi connectivity index (χ0v) is 10.0. The monoisotopic (exact) mass is 253 g/mol. The lowest BCUT2D eigenvalue weighted by molar-refractivity contribution is -0.384. The molecule has 2 heterocycles. The Labute approximate surface area is 104 Å². The molecule has 1 aliphatic heterocycles. The lowest BCUT2D eigenvalue weighted by atomic mass is 9.92. The van der Waals surface area contributed by atoms with Gasteiger partial charge in [0.25, 0.3) is 0 Å². The van der Waals surface area contributed by atoms with Gasteiger partial charge in [-0.2, -0.15) is 4.98 Å². The van der Waals surface area contributed by atoms with E-state index in [1.54, 1.807) is 0 Å². The highest BCUT2D eigenvalue weighted by Crippen LogP contribution is 2.29. The van der Waals surface area contributed by atoms with Gasteiger partial charge in [-0.05, 0) is 19.8 Å². The zero-order chi connectivity index (χ0) is 13.2. The van der Waals surface area contributed by atoms with Gasteiger partial charge in [0.05, 0.1) is 4.92 Å². The molecule has 8 nitrogen and oxygen atoms in total. The number of aromatic nitrogens is 2. The molecule has 1 fully saturated rings. The van der Waals surface area contributed by atoms with E-state index in [1.807, 2.05) is 6.92 Å². The standard InChI is InChI=1S/C10H15N5O3/c1-10(2-4-18-5-3-10)14-8-7(15(16)17)6-12-9(11)13-8/h6H,2-5H2,1H3,(H3,11,12,13,14). The molecule has 18 heavy (non-hydrogen) atoms. The largest absolute Gasteiger partial charge is 0.381 e. The Morgan fingerprint density at radius 3 is 2.83 bits per heavy atom. The average Bonchev–Trinajstić information content (AvgIpc) is 2.28. The predicted molar refractivity (Wildman–Crippen MR) is 65.2 cm³/mol. The van der Waals surface area contributed by atoms with Gasteiger partial charge in [0, 0.05) is 18.8 Å². The normalized spacial score (nSPS) is 18.3. The first-order valence-electron chi connectivity index (χ1n) is 5.63. The molecular formula is C10H15N5O3. The highest BCUT2D eigenvalue weighted by Gasteiger charge is 2.30. The average molecular weight is 253 g/mol. The van der Waals surface area contributed by atoms with Gasteiger partial charge in [-0.3, -0.25) is 10.1 Å². The quantitative estimate of drug-likeness (QED) is 0.608. The summed E-state index contributed by atoms with van der Waals surface area (Å²) in [5.74, 6) is 0.177. The topological polar surface area (TPSA) is 116 Å². The summed E-state index contributed by atoms with van der Waals surface area (Å²) in [7, 11) is 0. The van der Waals surface area contributed by atoms with Crippen molar-refractivity contribution in [3.8, 4) is 0 Å². The number of nitro groups is 1. The third kappa shape index (κ3) is 2.65. The predicted octanol–water partition coefficient (Wildman–Crippen LogP) is 0.948. The Hall–Kier alpha value is -1.96. The first-order valence-corrected chi connectivity index (χ1v) is 5.63. The molecule has 0 amide bonds. The number of rotatable bonds is 3. The smallest absolute Gasteiger partial charge is 0.329 e. The van der Waals surface area contributed by atoms with Crippen LogP contribution in [0, 0.1) is 10.1 Å². The second-order valence-corrected chi connectivity index (χ2v) is 4.52. The van der Waals surface area contributed by atoms with E-state index in [2.05, 4.69) is 15.3 Å². The number of hydrogen-bond donors (Lipinski definition) is 2. The minimum atomic E-state index is -0.523. The van der Waals surface area contributed by atoms with Crippen molar-refractivity contribution >= 4 is 17.5 Å². The van der Waals surface area contributed by atoms with Gasteiger partial charge in [0.15, 0.2) is 0 Å². The molecule has 0 spiro atoms. The first-order chi connectivity index (χ1) is 8.50. The maximum absolute atomic E-state index is 10.9. The maximum Gasteiger partial charge on any atom is 0.329 e. The summed E-state index contributed by atoms with van der Waals surface area (Å²) in [5, 5.41) is 14.0. The van der Waals surface area contributed by atoms with Crippen molar-refractivity contribution in [2.24, 2.45) is 0 Å². The van der Waals surface area contributed by atoms with Crippen LogP contribution in [0.4, 0.5) is 17.5 Å². The van der Waals surface area contributed by atoms with Crippen molar-refractivity contribution in [2.45, 2.75) is 25.3 Å². The Bertz CT molecular complexity index is 459. The number of hydrogen-bond acceptors (Lipinski definition) is 7. The zero-order valence-electron chi connectivity index (χ0n) is 10.0. The lowest BCUT2D eigenvalue weighted by Gasteiger charge is -2.34. The molecule has 0 atom stereocenters. The summed E-state index contributed by atoms with van der Waals surface area (Å²) in [6.07, 6.45) is 2.63. The molecule has 1 aromatic heterocycles. The van der Waals surface area contributed by atoms with E-state index in [0.717, 1.165) is 19.0 Å². The van der Waals surface area contributed by atoms with Crippen molar-refractivity contribution in [2.75, 3.05) is 24.3 Å². The fourth-order valence-electron chi connectivity index (χ4n) is 1.85. The summed E-state index contributed by atoms with van der Waals surface area (Å²) < 4.78 is 5.27. The summed E-state index contributed by atoms with van der Waals surface area (Å²) in [4.78, 5) is 17.9. The maximum atomic E-state index is 10.9. The molecule has 0 aliphatic carbocycles. The van der Waals surface area contributed by atoms with Gasteiger partial charge in [0.2, 0.25) is 11.8 Å². The minimum Gasteiger partial charge on any atom is -0.381 e. The third-order valence-electron chi connectivity index (χ3n) is 3.00. The first kappa shape index (κ1) is 12.5. The van der Waals surface area contributed by atoms with E-state index >= 15 is 0 Å². The molecule has 0 unspecified atom stereocenters. The van der Waals surface area contributed by atoms with E-state index in [9.17, 15) is 10.1 Å². The summed E-state index contributed by atoms with van der Waals surface area (Å²) in [6.45, 7) is 3.23. The van der Waals surface area contributed by atoms with E-state index in [1.165, 1.54) is 0 Å². The molecule has 0 aromatic carbocycles. The molecule has 2 rings (SSSR count). The fourth-order valence-corrected chi connectivity index (χ4v) is 1.85. The van der Waals surface area contributed by atoms with Crippen LogP contribution in [-0.2, 0) is 4.74 Å². The van der Waals surface area contributed by atoms with Crippen LogP contribution in [0.15, 0.2) is 6.20 Å². The Kier molecular flexibility index (Phi) is 3.28. The van der Waals surface area contributed by atoms with E-state index in [0.29, 0.717) is 13.2 Å². The number of anilines is 2. The Morgan fingerprint density at radius 2 is 2.22 bits per heavy atom.